The lowest BCUT2D eigenvalue weighted by atomic mass is 10.1. The number of benzene rings is 2. The first-order chi connectivity index (χ1) is 15.6. The molecule has 10 heteroatoms. The van der Waals surface area contributed by atoms with E-state index in [1.54, 1.807) is 19.1 Å². The number of aryl methyl sites for hydroxylation is 1. The van der Waals surface area contributed by atoms with E-state index in [1.165, 1.54) is 38.0 Å². The highest BCUT2D eigenvalue weighted by atomic mass is 32.2. The third kappa shape index (κ3) is 5.82. The van der Waals surface area contributed by atoms with Gasteiger partial charge in [0.05, 0.1) is 10.1 Å². The molecule has 3 rings (SSSR count). The van der Waals surface area contributed by atoms with Crippen molar-refractivity contribution < 1.29 is 13.2 Å². The average Bonchev–Trinajstić information content (AvgIpc) is 3.16. The fourth-order valence-electron chi connectivity index (χ4n) is 3.20. The Morgan fingerprint density at radius 1 is 1.15 bits per heavy atom. The molecule has 1 heterocycles. The number of hydrogen-bond donors (Lipinski definition) is 1. The minimum atomic E-state index is -3.59. The van der Waals surface area contributed by atoms with Crippen molar-refractivity contribution in [1.82, 2.24) is 19.1 Å². The number of sulfonamides is 1. The Morgan fingerprint density at radius 3 is 2.55 bits per heavy atom. The van der Waals surface area contributed by atoms with Crippen LogP contribution in [0.1, 0.15) is 25.8 Å². The van der Waals surface area contributed by atoms with Crippen LogP contribution in [0.4, 0.5) is 5.69 Å². The number of nitrogens with one attached hydrogen (secondary N) is 1. The van der Waals surface area contributed by atoms with Crippen molar-refractivity contribution in [3.63, 3.8) is 0 Å². The molecule has 0 radical (unpaired) electrons. The second-order valence-electron chi connectivity index (χ2n) is 7.89. The molecule has 0 saturated heterocycles. The Balaban J connectivity index is 1.78. The third-order valence-corrected chi connectivity index (χ3v) is 7.86. The molecule has 1 atom stereocenters. The molecule has 0 bridgehead atoms. The van der Waals surface area contributed by atoms with Crippen LogP contribution >= 0.6 is 11.8 Å². The molecule has 0 aliphatic rings. The Hall–Kier alpha value is -2.69. The zero-order valence-electron chi connectivity index (χ0n) is 19.4. The van der Waals surface area contributed by atoms with Crippen molar-refractivity contribution in [2.24, 2.45) is 0 Å². The maximum Gasteiger partial charge on any atom is 0.242 e. The number of carbonyl (C=O) groups is 1. The summed E-state index contributed by atoms with van der Waals surface area (Å²) in [5.74, 6) is 0.528. The van der Waals surface area contributed by atoms with Gasteiger partial charge in [0.2, 0.25) is 15.9 Å². The van der Waals surface area contributed by atoms with Crippen molar-refractivity contribution >= 4 is 33.4 Å². The van der Waals surface area contributed by atoms with E-state index in [0.29, 0.717) is 10.8 Å². The second kappa shape index (κ2) is 10.5. The zero-order chi connectivity index (χ0) is 24.2. The molecule has 2 aromatic carbocycles. The van der Waals surface area contributed by atoms with Crippen LogP contribution in [-0.2, 0) is 21.4 Å². The molecule has 8 nitrogen and oxygen atoms in total. The lowest BCUT2D eigenvalue weighted by Crippen LogP contribution is -2.24. The van der Waals surface area contributed by atoms with Gasteiger partial charge in [-0.25, -0.2) is 12.7 Å². The maximum absolute atomic E-state index is 12.9. The molecule has 1 N–H and O–H groups in total. The Kier molecular flexibility index (Phi) is 7.93. The summed E-state index contributed by atoms with van der Waals surface area (Å²) >= 11 is 1.32. The minimum absolute atomic E-state index is 0.121. The van der Waals surface area contributed by atoms with E-state index in [9.17, 15) is 13.2 Å². The molecule has 3 aromatic rings. The van der Waals surface area contributed by atoms with E-state index < -0.39 is 15.3 Å². The summed E-state index contributed by atoms with van der Waals surface area (Å²) < 4.78 is 27.9. The van der Waals surface area contributed by atoms with E-state index in [1.807, 2.05) is 29.7 Å². The summed E-state index contributed by atoms with van der Waals surface area (Å²) in [5.41, 5.74) is 2.55. The monoisotopic (exact) mass is 487 g/mol. The van der Waals surface area contributed by atoms with Gasteiger partial charge in [-0.05, 0) is 44.5 Å². The Labute approximate surface area is 199 Å². The van der Waals surface area contributed by atoms with Crippen LogP contribution in [0.2, 0.25) is 0 Å². The van der Waals surface area contributed by atoms with Crippen molar-refractivity contribution in [3.05, 3.63) is 54.1 Å². The van der Waals surface area contributed by atoms with E-state index in [4.69, 9.17) is 0 Å². The molecule has 0 saturated carbocycles. The van der Waals surface area contributed by atoms with Crippen molar-refractivity contribution in [3.8, 4) is 11.4 Å². The summed E-state index contributed by atoms with van der Waals surface area (Å²) in [5, 5.41) is 11.7. The number of rotatable bonds is 9. The lowest BCUT2D eigenvalue weighted by Gasteiger charge is -2.15. The second-order valence-corrected chi connectivity index (χ2v) is 11.4. The first-order valence-corrected chi connectivity index (χ1v) is 13.0. The van der Waals surface area contributed by atoms with Crippen LogP contribution in [0, 0.1) is 6.92 Å². The third-order valence-electron chi connectivity index (χ3n) is 4.97. The van der Waals surface area contributed by atoms with Gasteiger partial charge in [-0.3, -0.25) is 4.79 Å². The molecular weight excluding hydrogens is 458 g/mol. The summed E-state index contributed by atoms with van der Waals surface area (Å²) in [6.45, 7) is 6.64. The van der Waals surface area contributed by atoms with Gasteiger partial charge in [-0.2, -0.15) is 0 Å². The largest absolute Gasteiger partial charge is 0.325 e. The van der Waals surface area contributed by atoms with Crippen LogP contribution in [0.25, 0.3) is 11.4 Å². The van der Waals surface area contributed by atoms with Gasteiger partial charge in [0.1, 0.15) is 0 Å². The van der Waals surface area contributed by atoms with Gasteiger partial charge in [-0.1, -0.05) is 48.5 Å². The topological polar surface area (TPSA) is 97.2 Å². The molecule has 1 aromatic heterocycles. The van der Waals surface area contributed by atoms with Crippen LogP contribution < -0.4 is 5.32 Å². The van der Waals surface area contributed by atoms with Gasteiger partial charge in [-0.15, -0.1) is 10.2 Å². The fraction of sp³-hybridized carbons (Fsp3) is 0.348. The molecular formula is C23H29N5O3S2. The highest BCUT2D eigenvalue weighted by Crippen LogP contribution is 2.28. The molecule has 0 aliphatic carbocycles. The molecule has 176 valence electrons. The fourth-order valence-corrected chi connectivity index (χ4v) is 5.02. The van der Waals surface area contributed by atoms with Crippen LogP contribution in [0.3, 0.4) is 0 Å². The predicted molar refractivity (Wildman–Crippen MR) is 132 cm³/mol. The van der Waals surface area contributed by atoms with Gasteiger partial charge < -0.3 is 9.88 Å². The summed E-state index contributed by atoms with van der Waals surface area (Å²) in [6, 6.07) is 14.3. The molecule has 1 amide bonds. The van der Waals surface area contributed by atoms with Gasteiger partial charge in [0.15, 0.2) is 11.0 Å². The first-order valence-electron chi connectivity index (χ1n) is 10.6. The smallest absolute Gasteiger partial charge is 0.242 e. The number of amides is 1. The number of anilines is 1. The van der Waals surface area contributed by atoms with Crippen LogP contribution in [0.15, 0.2) is 58.6 Å². The normalized spacial score (nSPS) is 12.7. The van der Waals surface area contributed by atoms with E-state index in [0.717, 1.165) is 34.2 Å². The number of hydrogen-bond acceptors (Lipinski definition) is 6. The number of carbonyl (C=O) groups excluding carboxylic acids is 1. The summed E-state index contributed by atoms with van der Waals surface area (Å²) in [7, 11) is -0.649. The number of aromatic nitrogens is 3. The number of thioether (sulfide) groups is 1. The van der Waals surface area contributed by atoms with Crippen molar-refractivity contribution in [2.45, 2.75) is 49.0 Å². The predicted octanol–water partition coefficient (Wildman–Crippen LogP) is 4.03. The number of nitrogens with zero attached hydrogens (tertiary/aromatic N) is 4. The SMILES string of the molecule is CCCn1c(SC(C)C(=O)Nc2cccc(S(=O)(=O)N(C)C)c2)nnc1-c1cccc(C)c1. The molecule has 0 fully saturated rings. The summed E-state index contributed by atoms with van der Waals surface area (Å²) in [6.07, 6.45) is 0.901. The molecule has 1 unspecified atom stereocenters. The average molecular weight is 488 g/mol. The minimum Gasteiger partial charge on any atom is -0.325 e. The standard InChI is InChI=1S/C23H29N5O3S2/c1-6-13-28-21(18-10-7-9-16(2)14-18)25-26-23(28)32-17(3)22(29)24-19-11-8-12-20(15-19)33(30,31)27(4)5/h7-12,14-15,17H,6,13H2,1-5H3,(H,24,29). The highest BCUT2D eigenvalue weighted by molar-refractivity contribution is 8.00. The van der Waals surface area contributed by atoms with Gasteiger partial charge >= 0.3 is 0 Å². The van der Waals surface area contributed by atoms with Crippen LogP contribution in [-0.4, -0.2) is 52.7 Å². The van der Waals surface area contributed by atoms with Crippen molar-refractivity contribution in [1.29, 1.82) is 0 Å². The lowest BCUT2D eigenvalue weighted by molar-refractivity contribution is -0.115. The summed E-state index contributed by atoms with van der Waals surface area (Å²) in [4.78, 5) is 13.0. The van der Waals surface area contributed by atoms with Crippen molar-refractivity contribution in [2.75, 3.05) is 19.4 Å². The zero-order valence-corrected chi connectivity index (χ0v) is 21.1. The van der Waals surface area contributed by atoms with Gasteiger partial charge in [0, 0.05) is 31.9 Å². The maximum atomic E-state index is 12.9. The molecule has 0 aliphatic heterocycles. The highest BCUT2D eigenvalue weighted by Gasteiger charge is 2.22. The van der Waals surface area contributed by atoms with E-state index >= 15 is 0 Å². The molecule has 33 heavy (non-hydrogen) atoms. The van der Waals surface area contributed by atoms with Gasteiger partial charge in [0.25, 0.3) is 0 Å². The quantitative estimate of drug-likeness (QED) is 0.458. The van der Waals surface area contributed by atoms with E-state index in [-0.39, 0.29) is 10.8 Å². The molecule has 0 spiro atoms. The Bertz CT molecular complexity index is 1240. The Morgan fingerprint density at radius 2 is 1.88 bits per heavy atom. The van der Waals surface area contributed by atoms with Crippen LogP contribution in [0.5, 0.6) is 0 Å². The van der Waals surface area contributed by atoms with E-state index in [2.05, 4.69) is 28.5 Å². The first kappa shape index (κ1) is 24.9.